The molecule has 0 spiro atoms. The van der Waals surface area contributed by atoms with E-state index in [2.05, 4.69) is 5.32 Å². The Balaban J connectivity index is 2.69. The number of anilines is 1. The van der Waals surface area contributed by atoms with Gasteiger partial charge in [-0.25, -0.2) is 0 Å². The Morgan fingerprint density at radius 1 is 1.20 bits per heavy atom. The maximum Gasteiger partial charge on any atom is 0.253 e. The second-order valence-electron chi connectivity index (χ2n) is 4.92. The quantitative estimate of drug-likeness (QED) is 0.835. The van der Waals surface area contributed by atoms with Gasteiger partial charge in [0.2, 0.25) is 0 Å². The lowest BCUT2D eigenvalue weighted by atomic mass is 10.2. The van der Waals surface area contributed by atoms with Gasteiger partial charge < -0.3 is 19.5 Å². The predicted octanol–water partition coefficient (Wildman–Crippen LogP) is 2.70. The number of benzene rings is 1. The number of carbonyl (C=O) groups is 1. The van der Waals surface area contributed by atoms with Crippen molar-refractivity contribution in [1.29, 1.82) is 0 Å². The van der Waals surface area contributed by atoms with Gasteiger partial charge in [-0.05, 0) is 25.0 Å². The third-order valence-electron chi connectivity index (χ3n) is 2.72. The monoisotopic (exact) mass is 281 g/mol. The first-order chi connectivity index (χ1) is 9.47. The molecule has 0 heterocycles. The fraction of sp³-hybridized carbons (Fsp3) is 0.533. The van der Waals surface area contributed by atoms with Crippen molar-refractivity contribution in [3.05, 3.63) is 18.2 Å². The van der Waals surface area contributed by atoms with Crippen LogP contribution in [0.4, 0.5) is 5.69 Å². The zero-order valence-electron chi connectivity index (χ0n) is 12.7. The SMILES string of the molecule is COc1ccc(NC(=O)[C@H](C)OCC(C)C)c(OC)c1. The zero-order chi connectivity index (χ0) is 15.1. The number of amides is 1. The fourth-order valence-corrected chi connectivity index (χ4v) is 1.55. The Bertz CT molecular complexity index is 445. The summed E-state index contributed by atoms with van der Waals surface area (Å²) in [6.45, 7) is 6.36. The van der Waals surface area contributed by atoms with Crippen LogP contribution in [0.1, 0.15) is 20.8 Å². The minimum atomic E-state index is -0.510. The molecule has 1 aromatic carbocycles. The first kappa shape index (κ1) is 16.3. The normalized spacial score (nSPS) is 12.1. The maximum atomic E-state index is 12.0. The average molecular weight is 281 g/mol. The van der Waals surface area contributed by atoms with Gasteiger partial charge in [0.15, 0.2) is 0 Å². The van der Waals surface area contributed by atoms with E-state index in [0.29, 0.717) is 29.7 Å². The van der Waals surface area contributed by atoms with E-state index in [1.807, 2.05) is 13.8 Å². The van der Waals surface area contributed by atoms with Crippen LogP contribution in [-0.2, 0) is 9.53 Å². The second-order valence-corrected chi connectivity index (χ2v) is 4.92. The molecule has 0 aliphatic heterocycles. The predicted molar refractivity (Wildman–Crippen MR) is 78.4 cm³/mol. The summed E-state index contributed by atoms with van der Waals surface area (Å²) in [7, 11) is 3.12. The Morgan fingerprint density at radius 2 is 1.90 bits per heavy atom. The molecule has 0 unspecified atom stereocenters. The molecule has 0 bridgehead atoms. The summed E-state index contributed by atoms with van der Waals surface area (Å²) in [5.74, 6) is 1.41. The molecule has 0 radical (unpaired) electrons. The largest absolute Gasteiger partial charge is 0.497 e. The Morgan fingerprint density at radius 3 is 2.45 bits per heavy atom. The van der Waals surface area contributed by atoms with Gasteiger partial charge in [-0.2, -0.15) is 0 Å². The standard InChI is InChI=1S/C15H23NO4/c1-10(2)9-20-11(3)15(17)16-13-7-6-12(18-4)8-14(13)19-5/h6-8,10-11H,9H2,1-5H3,(H,16,17)/t11-/m0/s1. The molecule has 0 saturated heterocycles. The van der Waals surface area contributed by atoms with Crippen LogP contribution in [0.5, 0.6) is 11.5 Å². The molecular formula is C15H23NO4. The van der Waals surface area contributed by atoms with Gasteiger partial charge in [0.05, 0.1) is 19.9 Å². The van der Waals surface area contributed by atoms with Crippen LogP contribution in [0.2, 0.25) is 0 Å². The lowest BCUT2D eigenvalue weighted by Crippen LogP contribution is -2.29. The number of carbonyl (C=O) groups excluding carboxylic acids is 1. The van der Waals surface area contributed by atoms with Crippen molar-refractivity contribution in [2.45, 2.75) is 26.9 Å². The van der Waals surface area contributed by atoms with Crippen molar-refractivity contribution in [2.75, 3.05) is 26.1 Å². The molecule has 112 valence electrons. The number of hydrogen-bond acceptors (Lipinski definition) is 4. The topological polar surface area (TPSA) is 56.8 Å². The minimum absolute atomic E-state index is 0.200. The molecule has 20 heavy (non-hydrogen) atoms. The summed E-state index contributed by atoms with van der Waals surface area (Å²) >= 11 is 0. The smallest absolute Gasteiger partial charge is 0.253 e. The van der Waals surface area contributed by atoms with Crippen molar-refractivity contribution in [1.82, 2.24) is 0 Å². The highest BCUT2D eigenvalue weighted by atomic mass is 16.5. The Hall–Kier alpha value is -1.75. The number of methoxy groups -OCH3 is 2. The van der Waals surface area contributed by atoms with E-state index in [4.69, 9.17) is 14.2 Å². The molecule has 0 aromatic heterocycles. The minimum Gasteiger partial charge on any atom is -0.497 e. The maximum absolute atomic E-state index is 12.0. The summed E-state index contributed by atoms with van der Waals surface area (Å²) in [5.41, 5.74) is 0.596. The second kappa shape index (κ2) is 7.75. The molecule has 0 saturated carbocycles. The van der Waals surface area contributed by atoms with Crippen LogP contribution >= 0.6 is 0 Å². The molecule has 1 N–H and O–H groups in total. The molecule has 0 aliphatic rings. The van der Waals surface area contributed by atoms with Gasteiger partial charge in [-0.1, -0.05) is 13.8 Å². The van der Waals surface area contributed by atoms with Crippen LogP contribution in [-0.4, -0.2) is 32.8 Å². The van der Waals surface area contributed by atoms with Crippen LogP contribution in [0, 0.1) is 5.92 Å². The molecule has 5 nitrogen and oxygen atoms in total. The van der Waals surface area contributed by atoms with Crippen molar-refractivity contribution in [2.24, 2.45) is 5.92 Å². The molecule has 1 aromatic rings. The van der Waals surface area contributed by atoms with Crippen LogP contribution in [0.3, 0.4) is 0 Å². The average Bonchev–Trinajstić information content (AvgIpc) is 2.44. The van der Waals surface area contributed by atoms with E-state index in [9.17, 15) is 4.79 Å². The first-order valence-corrected chi connectivity index (χ1v) is 6.62. The van der Waals surface area contributed by atoms with Crippen molar-refractivity contribution in [3.63, 3.8) is 0 Å². The van der Waals surface area contributed by atoms with Crippen molar-refractivity contribution >= 4 is 11.6 Å². The summed E-state index contributed by atoms with van der Waals surface area (Å²) in [5, 5.41) is 2.79. The van der Waals surface area contributed by atoms with Gasteiger partial charge in [-0.3, -0.25) is 4.79 Å². The Kier molecular flexibility index (Phi) is 6.31. The van der Waals surface area contributed by atoms with Gasteiger partial charge in [0, 0.05) is 12.7 Å². The van der Waals surface area contributed by atoms with E-state index in [-0.39, 0.29) is 5.91 Å². The molecule has 1 atom stereocenters. The summed E-state index contributed by atoms with van der Waals surface area (Å²) in [6.07, 6.45) is -0.510. The van der Waals surface area contributed by atoms with E-state index >= 15 is 0 Å². The van der Waals surface area contributed by atoms with Crippen LogP contribution in [0.25, 0.3) is 0 Å². The summed E-state index contributed by atoms with van der Waals surface area (Å²) in [4.78, 5) is 12.0. The third kappa shape index (κ3) is 4.74. The van der Waals surface area contributed by atoms with Crippen LogP contribution in [0.15, 0.2) is 18.2 Å². The molecule has 0 aliphatic carbocycles. The van der Waals surface area contributed by atoms with Crippen LogP contribution < -0.4 is 14.8 Å². The number of ether oxygens (including phenoxy) is 3. The molecule has 0 fully saturated rings. The first-order valence-electron chi connectivity index (χ1n) is 6.62. The lowest BCUT2D eigenvalue weighted by Gasteiger charge is -2.16. The van der Waals surface area contributed by atoms with Gasteiger partial charge in [0.25, 0.3) is 5.91 Å². The summed E-state index contributed by atoms with van der Waals surface area (Å²) < 4.78 is 15.8. The fourth-order valence-electron chi connectivity index (χ4n) is 1.55. The molecule has 1 amide bonds. The third-order valence-corrected chi connectivity index (χ3v) is 2.72. The lowest BCUT2D eigenvalue weighted by molar-refractivity contribution is -0.126. The number of nitrogens with one attached hydrogen (secondary N) is 1. The van der Waals surface area contributed by atoms with Gasteiger partial charge in [-0.15, -0.1) is 0 Å². The van der Waals surface area contributed by atoms with Gasteiger partial charge in [0.1, 0.15) is 17.6 Å². The molecule has 5 heteroatoms. The molecular weight excluding hydrogens is 258 g/mol. The van der Waals surface area contributed by atoms with Crippen molar-refractivity contribution < 1.29 is 19.0 Å². The van der Waals surface area contributed by atoms with E-state index in [1.165, 1.54) is 0 Å². The van der Waals surface area contributed by atoms with Crippen molar-refractivity contribution in [3.8, 4) is 11.5 Å². The highest BCUT2D eigenvalue weighted by molar-refractivity contribution is 5.95. The highest BCUT2D eigenvalue weighted by Crippen LogP contribution is 2.29. The van der Waals surface area contributed by atoms with E-state index in [0.717, 1.165) is 0 Å². The highest BCUT2D eigenvalue weighted by Gasteiger charge is 2.16. The number of hydrogen-bond donors (Lipinski definition) is 1. The zero-order valence-corrected chi connectivity index (χ0v) is 12.7. The Labute approximate surface area is 120 Å². The van der Waals surface area contributed by atoms with E-state index < -0.39 is 6.10 Å². The molecule has 1 rings (SSSR count). The summed E-state index contributed by atoms with van der Waals surface area (Å²) in [6, 6.07) is 5.22. The number of rotatable bonds is 7. The van der Waals surface area contributed by atoms with E-state index in [1.54, 1.807) is 39.3 Å². The van der Waals surface area contributed by atoms with Gasteiger partial charge >= 0.3 is 0 Å².